The van der Waals surface area contributed by atoms with Crippen LogP contribution in [0.4, 0.5) is 17.6 Å². The van der Waals surface area contributed by atoms with E-state index in [4.69, 9.17) is 21.5 Å². The summed E-state index contributed by atoms with van der Waals surface area (Å²) in [7, 11) is 0. The SMILES string of the molecule is ON=C1CCc2ccc(Oc3c(F)cc(C(F)(F)F)cc3Cl)cc21. The van der Waals surface area contributed by atoms with Crippen molar-refractivity contribution in [2.45, 2.75) is 19.0 Å². The Kier molecular flexibility index (Phi) is 4.13. The molecular formula is C16H10ClF4NO2. The Labute approximate surface area is 139 Å². The number of nitrogens with zero attached hydrogens (tertiary/aromatic N) is 1. The average molecular weight is 360 g/mol. The van der Waals surface area contributed by atoms with Crippen LogP contribution >= 0.6 is 11.6 Å². The van der Waals surface area contributed by atoms with Crippen molar-refractivity contribution in [1.82, 2.24) is 0 Å². The summed E-state index contributed by atoms with van der Waals surface area (Å²) in [5.41, 5.74) is 0.864. The first-order valence-corrected chi connectivity index (χ1v) is 7.25. The highest BCUT2D eigenvalue weighted by Gasteiger charge is 2.32. The van der Waals surface area contributed by atoms with Crippen LogP contribution in [0.15, 0.2) is 35.5 Å². The Morgan fingerprint density at radius 1 is 1.12 bits per heavy atom. The first kappa shape index (κ1) is 16.6. The van der Waals surface area contributed by atoms with Crippen molar-refractivity contribution in [2.24, 2.45) is 5.16 Å². The van der Waals surface area contributed by atoms with Crippen LogP contribution in [0, 0.1) is 5.82 Å². The van der Waals surface area contributed by atoms with Crippen molar-refractivity contribution in [2.75, 3.05) is 0 Å². The molecule has 0 aliphatic heterocycles. The number of oxime groups is 1. The molecule has 3 nitrogen and oxygen atoms in total. The fraction of sp³-hybridized carbons (Fsp3) is 0.188. The van der Waals surface area contributed by atoms with Crippen LogP contribution in [0.25, 0.3) is 0 Å². The third kappa shape index (κ3) is 3.03. The van der Waals surface area contributed by atoms with Crippen molar-refractivity contribution < 1.29 is 27.5 Å². The van der Waals surface area contributed by atoms with Gasteiger partial charge >= 0.3 is 6.18 Å². The van der Waals surface area contributed by atoms with Gasteiger partial charge in [-0.05, 0) is 42.7 Å². The van der Waals surface area contributed by atoms with Crippen molar-refractivity contribution >= 4 is 17.3 Å². The minimum Gasteiger partial charge on any atom is -0.453 e. The molecule has 0 radical (unpaired) electrons. The van der Waals surface area contributed by atoms with Gasteiger partial charge in [-0.15, -0.1) is 0 Å². The summed E-state index contributed by atoms with van der Waals surface area (Å²) >= 11 is 5.74. The standard InChI is InChI=1S/C16H10ClF4NO2/c17-12-5-9(16(19,20)21)6-13(18)15(12)24-10-3-1-8-2-4-14(22-23)11(8)7-10/h1,3,5-7,23H,2,4H2. The number of aryl methyl sites for hydroxylation is 1. The average Bonchev–Trinajstić information content (AvgIpc) is 2.92. The smallest absolute Gasteiger partial charge is 0.416 e. The predicted octanol–water partition coefficient (Wildman–Crippen LogP) is 5.41. The second kappa shape index (κ2) is 5.98. The molecule has 2 aromatic carbocycles. The Morgan fingerprint density at radius 3 is 2.50 bits per heavy atom. The largest absolute Gasteiger partial charge is 0.453 e. The number of hydrogen-bond donors (Lipinski definition) is 1. The normalized spacial score (nSPS) is 15.6. The maximum absolute atomic E-state index is 14.0. The number of rotatable bonds is 2. The van der Waals surface area contributed by atoms with Gasteiger partial charge in [-0.3, -0.25) is 0 Å². The highest BCUT2D eigenvalue weighted by Crippen LogP contribution is 2.39. The Balaban J connectivity index is 1.95. The van der Waals surface area contributed by atoms with Crippen LogP contribution in [0.2, 0.25) is 5.02 Å². The number of ether oxygens (including phenoxy) is 1. The molecule has 0 spiro atoms. The van der Waals surface area contributed by atoms with E-state index in [2.05, 4.69) is 5.16 Å². The second-order valence-corrected chi connectivity index (χ2v) is 5.64. The summed E-state index contributed by atoms with van der Waals surface area (Å²) in [6.07, 6.45) is -3.45. The van der Waals surface area contributed by atoms with Gasteiger partial charge in [-0.1, -0.05) is 22.8 Å². The van der Waals surface area contributed by atoms with Crippen LogP contribution in [0.5, 0.6) is 11.5 Å². The molecule has 0 heterocycles. The van der Waals surface area contributed by atoms with Crippen LogP contribution < -0.4 is 4.74 Å². The minimum atomic E-state index is -4.71. The molecule has 0 atom stereocenters. The molecule has 0 aromatic heterocycles. The molecule has 0 amide bonds. The number of benzene rings is 2. The Bertz CT molecular complexity index is 810. The lowest BCUT2D eigenvalue weighted by molar-refractivity contribution is -0.137. The van der Waals surface area contributed by atoms with Crippen molar-refractivity contribution in [3.63, 3.8) is 0 Å². The van der Waals surface area contributed by atoms with E-state index in [0.717, 1.165) is 5.56 Å². The van der Waals surface area contributed by atoms with Crippen LogP contribution in [-0.2, 0) is 12.6 Å². The topological polar surface area (TPSA) is 41.8 Å². The van der Waals surface area contributed by atoms with E-state index in [1.807, 2.05) is 0 Å². The number of fused-ring (bicyclic) bond motifs is 1. The summed E-state index contributed by atoms with van der Waals surface area (Å²) in [5.74, 6) is -1.53. The van der Waals surface area contributed by atoms with E-state index >= 15 is 0 Å². The van der Waals surface area contributed by atoms with Crippen LogP contribution in [0.3, 0.4) is 0 Å². The van der Waals surface area contributed by atoms with Crippen molar-refractivity contribution in [3.05, 3.63) is 57.9 Å². The lowest BCUT2D eigenvalue weighted by Gasteiger charge is -2.13. The molecule has 8 heteroatoms. The molecule has 1 N–H and O–H groups in total. The maximum atomic E-state index is 14.0. The molecule has 1 aliphatic carbocycles. The van der Waals surface area contributed by atoms with Gasteiger partial charge in [0.15, 0.2) is 11.6 Å². The quantitative estimate of drug-likeness (QED) is 0.442. The lowest BCUT2D eigenvalue weighted by Crippen LogP contribution is -2.06. The van der Waals surface area contributed by atoms with Gasteiger partial charge in [0.05, 0.1) is 16.3 Å². The zero-order valence-corrected chi connectivity index (χ0v) is 12.7. The monoisotopic (exact) mass is 359 g/mol. The van der Waals surface area contributed by atoms with E-state index in [1.54, 1.807) is 12.1 Å². The molecule has 0 bridgehead atoms. The van der Waals surface area contributed by atoms with Crippen LogP contribution in [0.1, 0.15) is 23.1 Å². The van der Waals surface area contributed by atoms with E-state index in [0.29, 0.717) is 36.2 Å². The molecule has 126 valence electrons. The van der Waals surface area contributed by atoms with Gasteiger partial charge in [0.25, 0.3) is 0 Å². The number of alkyl halides is 3. The third-order valence-electron chi connectivity index (χ3n) is 3.69. The second-order valence-electron chi connectivity index (χ2n) is 5.23. The highest BCUT2D eigenvalue weighted by molar-refractivity contribution is 6.32. The fourth-order valence-corrected chi connectivity index (χ4v) is 2.78. The van der Waals surface area contributed by atoms with Gasteiger partial charge in [0.1, 0.15) is 5.75 Å². The van der Waals surface area contributed by atoms with Gasteiger partial charge in [0.2, 0.25) is 0 Å². The zero-order valence-electron chi connectivity index (χ0n) is 12.0. The first-order chi connectivity index (χ1) is 11.3. The molecule has 24 heavy (non-hydrogen) atoms. The molecule has 1 aliphatic rings. The third-order valence-corrected chi connectivity index (χ3v) is 3.97. The molecular weight excluding hydrogens is 350 g/mol. The zero-order chi connectivity index (χ0) is 17.5. The van der Waals surface area contributed by atoms with Crippen molar-refractivity contribution in [3.8, 4) is 11.5 Å². The first-order valence-electron chi connectivity index (χ1n) is 6.88. The molecule has 3 rings (SSSR count). The maximum Gasteiger partial charge on any atom is 0.416 e. The summed E-state index contributed by atoms with van der Waals surface area (Å²) in [6.45, 7) is 0. The van der Waals surface area contributed by atoms with Crippen molar-refractivity contribution in [1.29, 1.82) is 0 Å². The predicted molar refractivity (Wildman–Crippen MR) is 79.6 cm³/mol. The summed E-state index contributed by atoms with van der Waals surface area (Å²) < 4.78 is 57.2. The minimum absolute atomic E-state index is 0.178. The number of hydrogen-bond acceptors (Lipinski definition) is 3. The molecule has 0 saturated carbocycles. The highest BCUT2D eigenvalue weighted by atomic mass is 35.5. The lowest BCUT2D eigenvalue weighted by atomic mass is 10.1. The van der Waals surface area contributed by atoms with Crippen LogP contribution in [-0.4, -0.2) is 10.9 Å². The molecule has 0 saturated heterocycles. The fourth-order valence-electron chi connectivity index (χ4n) is 2.54. The van der Waals surface area contributed by atoms with Gasteiger partial charge in [-0.25, -0.2) is 4.39 Å². The summed E-state index contributed by atoms with van der Waals surface area (Å²) in [6, 6.07) is 5.74. The van der Waals surface area contributed by atoms with E-state index < -0.39 is 28.3 Å². The summed E-state index contributed by atoms with van der Waals surface area (Å²) in [4.78, 5) is 0. The van der Waals surface area contributed by atoms with E-state index in [-0.39, 0.29) is 5.75 Å². The Morgan fingerprint density at radius 2 is 1.88 bits per heavy atom. The van der Waals surface area contributed by atoms with Gasteiger partial charge < -0.3 is 9.94 Å². The molecule has 0 unspecified atom stereocenters. The number of halogens is 5. The van der Waals surface area contributed by atoms with Gasteiger partial charge in [0, 0.05) is 5.56 Å². The molecule has 0 fully saturated rings. The Hall–Kier alpha value is -2.28. The van der Waals surface area contributed by atoms with E-state index in [9.17, 15) is 17.6 Å². The molecule has 2 aromatic rings. The summed E-state index contributed by atoms with van der Waals surface area (Å²) in [5, 5.41) is 11.6. The van der Waals surface area contributed by atoms with E-state index in [1.165, 1.54) is 6.07 Å². The van der Waals surface area contributed by atoms with Gasteiger partial charge in [-0.2, -0.15) is 13.2 Å².